The van der Waals surface area contributed by atoms with Crippen LogP contribution in [-0.4, -0.2) is 18.4 Å². The SMILES string of the molecule is CCCC(=O)CNC(C)C. The first-order chi connectivity index (χ1) is 4.66. The minimum absolute atomic E-state index is 0.316. The Morgan fingerprint density at radius 1 is 1.50 bits per heavy atom. The molecule has 0 unspecified atom stereocenters. The summed E-state index contributed by atoms with van der Waals surface area (Å²) in [5, 5.41) is 3.08. The summed E-state index contributed by atoms with van der Waals surface area (Å²) in [6.07, 6.45) is 1.67. The van der Waals surface area contributed by atoms with E-state index in [1.54, 1.807) is 0 Å². The largest absolute Gasteiger partial charge is 0.308 e. The summed E-state index contributed by atoms with van der Waals surface area (Å²) in [4.78, 5) is 10.9. The minimum Gasteiger partial charge on any atom is -0.308 e. The molecule has 0 heterocycles. The summed E-state index contributed by atoms with van der Waals surface area (Å²) >= 11 is 0. The fraction of sp³-hybridized carbons (Fsp3) is 0.875. The Bertz CT molecular complexity index is 99.4. The molecule has 0 fully saturated rings. The Morgan fingerprint density at radius 3 is 2.50 bits per heavy atom. The summed E-state index contributed by atoms with van der Waals surface area (Å²) in [5.74, 6) is 0.316. The van der Waals surface area contributed by atoms with Crippen LogP contribution in [0.5, 0.6) is 0 Å². The maximum atomic E-state index is 10.9. The van der Waals surface area contributed by atoms with Crippen molar-refractivity contribution in [3.05, 3.63) is 0 Å². The van der Waals surface area contributed by atoms with Gasteiger partial charge in [0.05, 0.1) is 6.54 Å². The number of nitrogens with one attached hydrogen (secondary N) is 1. The lowest BCUT2D eigenvalue weighted by Gasteiger charge is -2.05. The molecule has 0 aromatic rings. The van der Waals surface area contributed by atoms with Crippen molar-refractivity contribution < 1.29 is 4.79 Å². The van der Waals surface area contributed by atoms with Crippen molar-refractivity contribution in [1.82, 2.24) is 5.32 Å². The molecule has 0 aromatic heterocycles. The molecule has 0 aliphatic heterocycles. The molecule has 0 aromatic carbocycles. The van der Waals surface area contributed by atoms with Gasteiger partial charge in [0.25, 0.3) is 0 Å². The summed E-state index contributed by atoms with van der Waals surface area (Å²) in [5.41, 5.74) is 0. The number of hydrogen-bond acceptors (Lipinski definition) is 2. The average molecular weight is 143 g/mol. The molecule has 0 rings (SSSR count). The van der Waals surface area contributed by atoms with Crippen molar-refractivity contribution >= 4 is 5.78 Å². The molecule has 0 spiro atoms. The van der Waals surface area contributed by atoms with Crippen LogP contribution in [0, 0.1) is 0 Å². The van der Waals surface area contributed by atoms with Crippen LogP contribution in [0.25, 0.3) is 0 Å². The zero-order valence-corrected chi connectivity index (χ0v) is 7.11. The first-order valence-corrected chi connectivity index (χ1v) is 3.92. The van der Waals surface area contributed by atoms with Gasteiger partial charge in [0.15, 0.2) is 0 Å². The van der Waals surface area contributed by atoms with Gasteiger partial charge in [-0.3, -0.25) is 4.79 Å². The molecule has 2 heteroatoms. The number of carbonyl (C=O) groups is 1. The summed E-state index contributed by atoms with van der Waals surface area (Å²) in [6.45, 7) is 6.64. The van der Waals surface area contributed by atoms with E-state index in [4.69, 9.17) is 0 Å². The number of hydrogen-bond donors (Lipinski definition) is 1. The molecule has 0 atom stereocenters. The molecule has 0 radical (unpaired) electrons. The smallest absolute Gasteiger partial charge is 0.146 e. The van der Waals surface area contributed by atoms with Gasteiger partial charge >= 0.3 is 0 Å². The van der Waals surface area contributed by atoms with Crippen LogP contribution in [0.2, 0.25) is 0 Å². The van der Waals surface area contributed by atoms with Gasteiger partial charge in [0.1, 0.15) is 5.78 Å². The van der Waals surface area contributed by atoms with Crippen molar-refractivity contribution in [2.75, 3.05) is 6.54 Å². The lowest BCUT2D eigenvalue weighted by Crippen LogP contribution is -2.28. The summed E-state index contributed by atoms with van der Waals surface area (Å²) in [7, 11) is 0. The molecule has 0 aliphatic carbocycles. The molecule has 0 aliphatic rings. The van der Waals surface area contributed by atoms with Gasteiger partial charge in [-0.25, -0.2) is 0 Å². The zero-order valence-electron chi connectivity index (χ0n) is 7.11. The van der Waals surface area contributed by atoms with E-state index in [1.807, 2.05) is 20.8 Å². The molecule has 0 saturated heterocycles. The van der Waals surface area contributed by atoms with Crippen molar-refractivity contribution in [3.63, 3.8) is 0 Å². The highest BCUT2D eigenvalue weighted by atomic mass is 16.1. The predicted molar refractivity (Wildman–Crippen MR) is 43.1 cm³/mol. The molecule has 0 saturated carbocycles. The Hall–Kier alpha value is -0.370. The van der Waals surface area contributed by atoms with E-state index in [1.165, 1.54) is 0 Å². The highest BCUT2D eigenvalue weighted by molar-refractivity contribution is 5.80. The monoisotopic (exact) mass is 143 g/mol. The van der Waals surface area contributed by atoms with Crippen LogP contribution in [0.1, 0.15) is 33.6 Å². The number of rotatable bonds is 5. The van der Waals surface area contributed by atoms with Crippen LogP contribution >= 0.6 is 0 Å². The van der Waals surface area contributed by atoms with E-state index < -0.39 is 0 Å². The van der Waals surface area contributed by atoms with E-state index in [9.17, 15) is 4.79 Å². The van der Waals surface area contributed by atoms with Gasteiger partial charge in [-0.05, 0) is 6.42 Å². The summed E-state index contributed by atoms with van der Waals surface area (Å²) < 4.78 is 0. The quantitative estimate of drug-likeness (QED) is 0.629. The van der Waals surface area contributed by atoms with Crippen LogP contribution in [0.3, 0.4) is 0 Å². The average Bonchev–Trinajstić information content (AvgIpc) is 1.85. The molecule has 0 amide bonds. The highest BCUT2D eigenvalue weighted by Crippen LogP contribution is 1.87. The van der Waals surface area contributed by atoms with Crippen LogP contribution in [0.15, 0.2) is 0 Å². The molecule has 0 bridgehead atoms. The molecule has 60 valence electrons. The summed E-state index contributed by atoms with van der Waals surface area (Å²) in [6, 6.07) is 0.417. The third-order valence-corrected chi connectivity index (χ3v) is 1.24. The molecule has 10 heavy (non-hydrogen) atoms. The van der Waals surface area contributed by atoms with E-state index in [0.717, 1.165) is 6.42 Å². The normalized spacial score (nSPS) is 10.4. The Kier molecular flexibility index (Phi) is 5.22. The highest BCUT2D eigenvalue weighted by Gasteiger charge is 1.99. The molecule has 2 nitrogen and oxygen atoms in total. The Balaban J connectivity index is 3.22. The fourth-order valence-electron chi connectivity index (χ4n) is 0.685. The molecular weight excluding hydrogens is 126 g/mol. The van der Waals surface area contributed by atoms with Gasteiger partial charge in [-0.1, -0.05) is 20.8 Å². The van der Waals surface area contributed by atoms with Gasteiger partial charge in [0, 0.05) is 12.5 Å². The first kappa shape index (κ1) is 9.63. The van der Waals surface area contributed by atoms with Gasteiger partial charge in [-0.15, -0.1) is 0 Å². The standard InChI is InChI=1S/C8H17NO/c1-4-5-8(10)6-9-7(2)3/h7,9H,4-6H2,1-3H3. The van der Waals surface area contributed by atoms with Gasteiger partial charge in [-0.2, -0.15) is 0 Å². The van der Waals surface area contributed by atoms with Crippen LogP contribution in [-0.2, 0) is 4.79 Å². The first-order valence-electron chi connectivity index (χ1n) is 3.92. The lowest BCUT2D eigenvalue weighted by atomic mass is 10.2. The lowest BCUT2D eigenvalue weighted by molar-refractivity contribution is -0.118. The van der Waals surface area contributed by atoms with Crippen LogP contribution in [0.4, 0.5) is 0 Å². The molecular formula is C8H17NO. The van der Waals surface area contributed by atoms with Crippen molar-refractivity contribution in [3.8, 4) is 0 Å². The number of ketones is 1. The predicted octanol–water partition coefficient (Wildman–Crippen LogP) is 1.35. The Labute approximate surface area is 63.0 Å². The van der Waals surface area contributed by atoms with E-state index >= 15 is 0 Å². The van der Waals surface area contributed by atoms with Crippen LogP contribution < -0.4 is 5.32 Å². The maximum Gasteiger partial charge on any atom is 0.146 e. The van der Waals surface area contributed by atoms with E-state index in [0.29, 0.717) is 24.8 Å². The minimum atomic E-state index is 0.316. The second-order valence-corrected chi connectivity index (χ2v) is 2.82. The third kappa shape index (κ3) is 5.76. The van der Waals surface area contributed by atoms with Crippen molar-refractivity contribution in [1.29, 1.82) is 0 Å². The fourth-order valence-corrected chi connectivity index (χ4v) is 0.685. The second kappa shape index (κ2) is 5.42. The zero-order chi connectivity index (χ0) is 7.98. The van der Waals surface area contributed by atoms with Gasteiger partial charge < -0.3 is 5.32 Å². The molecule has 1 N–H and O–H groups in total. The van der Waals surface area contributed by atoms with Crippen molar-refractivity contribution in [2.45, 2.75) is 39.7 Å². The van der Waals surface area contributed by atoms with E-state index in [2.05, 4.69) is 5.32 Å². The topological polar surface area (TPSA) is 29.1 Å². The second-order valence-electron chi connectivity index (χ2n) is 2.82. The van der Waals surface area contributed by atoms with Gasteiger partial charge in [0.2, 0.25) is 0 Å². The maximum absolute atomic E-state index is 10.9. The van der Waals surface area contributed by atoms with E-state index in [-0.39, 0.29) is 0 Å². The number of Topliss-reactive ketones (excluding diaryl/α,β-unsaturated/α-hetero) is 1. The third-order valence-electron chi connectivity index (χ3n) is 1.24. The Morgan fingerprint density at radius 2 is 2.10 bits per heavy atom. The number of carbonyl (C=O) groups excluding carboxylic acids is 1. The van der Waals surface area contributed by atoms with Crippen molar-refractivity contribution in [2.24, 2.45) is 0 Å².